The van der Waals surface area contributed by atoms with Gasteiger partial charge in [0, 0.05) is 11.1 Å². The molecule has 3 rings (SSSR count). The van der Waals surface area contributed by atoms with Crippen LogP contribution >= 0.6 is 23.2 Å². The van der Waals surface area contributed by atoms with Gasteiger partial charge >= 0.3 is 0 Å². The van der Waals surface area contributed by atoms with Gasteiger partial charge in [-0.2, -0.15) is 0 Å². The zero-order valence-electron chi connectivity index (χ0n) is 16.3. The summed E-state index contributed by atoms with van der Waals surface area (Å²) in [4.78, 5) is 12.2. The molecule has 1 aliphatic rings. The monoisotopic (exact) mass is 472 g/mol. The Kier molecular flexibility index (Phi) is 7.74. The first-order valence-corrected chi connectivity index (χ1v) is 12.1. The average Bonchev–Trinajstić information content (AvgIpc) is 2.65. The molecule has 0 radical (unpaired) electrons. The number of hydrogen-bond donors (Lipinski definition) is 2. The van der Waals surface area contributed by atoms with Crippen molar-refractivity contribution < 1.29 is 17.6 Å². The van der Waals surface area contributed by atoms with E-state index in [1.807, 2.05) is 0 Å². The Balaban J connectivity index is 1.72. The van der Waals surface area contributed by atoms with Gasteiger partial charge in [-0.05, 0) is 49.2 Å². The van der Waals surface area contributed by atoms with Gasteiger partial charge in [0.25, 0.3) is 5.91 Å². The van der Waals surface area contributed by atoms with Gasteiger partial charge in [-0.3, -0.25) is 4.79 Å². The third-order valence-corrected chi connectivity index (χ3v) is 7.17. The molecule has 0 saturated heterocycles. The maximum Gasteiger partial charge on any atom is 0.257 e. The highest BCUT2D eigenvalue weighted by Crippen LogP contribution is 2.25. The summed E-state index contributed by atoms with van der Waals surface area (Å²) in [6.07, 6.45) is 6.87. The Hall–Kier alpha value is -1.67. The van der Waals surface area contributed by atoms with Crippen LogP contribution in [0, 0.1) is 5.82 Å². The minimum absolute atomic E-state index is 0.128. The maximum atomic E-state index is 14.6. The van der Waals surface area contributed by atoms with Gasteiger partial charge in [0.05, 0.1) is 21.2 Å². The lowest BCUT2D eigenvalue weighted by Gasteiger charge is -2.21. The van der Waals surface area contributed by atoms with Crippen molar-refractivity contribution >= 4 is 44.8 Å². The van der Waals surface area contributed by atoms with Crippen molar-refractivity contribution in [2.24, 2.45) is 0 Å². The second-order valence-corrected chi connectivity index (χ2v) is 9.94. The highest BCUT2D eigenvalue weighted by Gasteiger charge is 2.22. The number of nitrogens with one attached hydrogen (secondary N) is 2. The highest BCUT2D eigenvalue weighted by atomic mass is 35.5. The van der Waals surface area contributed by atoms with E-state index in [-0.39, 0.29) is 27.2 Å². The van der Waals surface area contributed by atoms with Gasteiger partial charge in [-0.1, -0.05) is 55.3 Å². The molecular weight excluding hydrogens is 450 g/mol. The van der Waals surface area contributed by atoms with E-state index in [0.29, 0.717) is 5.02 Å². The molecule has 2 aromatic rings. The summed E-state index contributed by atoms with van der Waals surface area (Å²) in [5.74, 6) is -1.48. The van der Waals surface area contributed by atoms with Crippen LogP contribution in [-0.4, -0.2) is 20.4 Å². The van der Waals surface area contributed by atoms with E-state index in [0.717, 1.165) is 44.6 Å². The third-order valence-electron chi connectivity index (χ3n) is 5.10. The Bertz CT molecular complexity index is 1020. The van der Waals surface area contributed by atoms with E-state index in [1.54, 1.807) is 0 Å². The van der Waals surface area contributed by atoms with Gasteiger partial charge < -0.3 is 5.32 Å². The number of halogens is 3. The molecule has 1 amide bonds. The molecule has 1 fully saturated rings. The van der Waals surface area contributed by atoms with E-state index < -0.39 is 21.7 Å². The molecular formula is C21H23Cl2FN2O3S. The molecule has 0 aliphatic heterocycles. The van der Waals surface area contributed by atoms with Crippen LogP contribution in [0.15, 0.2) is 41.3 Å². The van der Waals surface area contributed by atoms with Crippen molar-refractivity contribution in [3.63, 3.8) is 0 Å². The lowest BCUT2D eigenvalue weighted by molar-refractivity contribution is 0.102. The summed E-state index contributed by atoms with van der Waals surface area (Å²) in [5.41, 5.74) is -0.0148. The largest absolute Gasteiger partial charge is 0.319 e. The van der Waals surface area contributed by atoms with E-state index >= 15 is 0 Å². The second kappa shape index (κ2) is 10.1. The number of rotatable bonds is 5. The summed E-state index contributed by atoms with van der Waals surface area (Å²) in [6, 6.07) is 7.59. The molecule has 0 atom stereocenters. The molecule has 0 unspecified atom stereocenters. The Morgan fingerprint density at radius 2 is 1.63 bits per heavy atom. The number of hydrogen-bond acceptors (Lipinski definition) is 3. The van der Waals surface area contributed by atoms with Gasteiger partial charge in [0.2, 0.25) is 10.0 Å². The zero-order valence-corrected chi connectivity index (χ0v) is 18.6. The van der Waals surface area contributed by atoms with Gasteiger partial charge in [0.1, 0.15) is 5.82 Å². The van der Waals surface area contributed by atoms with Crippen molar-refractivity contribution in [2.45, 2.75) is 55.9 Å². The normalized spacial score (nSPS) is 16.0. The van der Waals surface area contributed by atoms with Crippen molar-refractivity contribution in [3.05, 3.63) is 57.8 Å². The number of anilines is 1. The standard InChI is InChI=1S/C21H23Cl2FN2O3S/c22-14-8-10-17(18(23)12-14)21(27)25-20-11-9-16(13-19(20)24)30(28,29)26-15-6-4-2-1-3-5-7-15/h8-13,15,26H,1-7H2,(H,25,27). The number of sulfonamides is 1. The minimum atomic E-state index is -3.86. The smallest absolute Gasteiger partial charge is 0.257 e. The highest BCUT2D eigenvalue weighted by molar-refractivity contribution is 7.89. The van der Waals surface area contributed by atoms with Crippen molar-refractivity contribution in [1.29, 1.82) is 0 Å². The number of carbonyl (C=O) groups is 1. The molecule has 5 nitrogen and oxygen atoms in total. The summed E-state index contributed by atoms with van der Waals surface area (Å²) in [6.45, 7) is 0. The number of carbonyl (C=O) groups excluding carboxylic acids is 1. The van der Waals surface area contributed by atoms with Gasteiger partial charge in [-0.25, -0.2) is 17.5 Å². The average molecular weight is 473 g/mol. The van der Waals surface area contributed by atoms with Crippen LogP contribution in [0.5, 0.6) is 0 Å². The molecule has 0 aromatic heterocycles. The molecule has 162 valence electrons. The maximum absolute atomic E-state index is 14.6. The van der Waals surface area contributed by atoms with Crippen molar-refractivity contribution in [1.82, 2.24) is 4.72 Å². The molecule has 1 aliphatic carbocycles. The molecule has 2 N–H and O–H groups in total. The first kappa shape index (κ1) is 23.0. The summed E-state index contributed by atoms with van der Waals surface area (Å²) < 4.78 is 42.6. The van der Waals surface area contributed by atoms with Crippen LogP contribution in [0.25, 0.3) is 0 Å². The quantitative estimate of drug-likeness (QED) is 0.579. The number of benzene rings is 2. The van der Waals surface area contributed by atoms with Gasteiger partial charge in [-0.15, -0.1) is 0 Å². The van der Waals surface area contributed by atoms with Crippen LogP contribution in [0.3, 0.4) is 0 Å². The fourth-order valence-electron chi connectivity index (χ4n) is 3.49. The summed E-state index contributed by atoms with van der Waals surface area (Å²) in [5, 5.41) is 2.90. The van der Waals surface area contributed by atoms with Crippen LogP contribution in [0.4, 0.5) is 10.1 Å². The fourth-order valence-corrected chi connectivity index (χ4v) is 5.30. The first-order chi connectivity index (χ1) is 14.3. The van der Waals surface area contributed by atoms with Gasteiger partial charge in [0.15, 0.2) is 0 Å². The molecule has 9 heteroatoms. The Labute approximate surface area is 186 Å². The van der Waals surface area contributed by atoms with E-state index in [9.17, 15) is 17.6 Å². The Morgan fingerprint density at radius 3 is 2.27 bits per heavy atom. The summed E-state index contributed by atoms with van der Waals surface area (Å²) >= 11 is 11.8. The predicted molar refractivity (Wildman–Crippen MR) is 117 cm³/mol. The van der Waals surface area contributed by atoms with Crippen LogP contribution < -0.4 is 10.0 Å². The molecule has 0 heterocycles. The van der Waals surface area contributed by atoms with Crippen LogP contribution in [0.2, 0.25) is 10.0 Å². The topological polar surface area (TPSA) is 75.3 Å². The van der Waals surface area contributed by atoms with E-state index in [2.05, 4.69) is 10.0 Å². The zero-order chi connectivity index (χ0) is 21.7. The van der Waals surface area contributed by atoms with Crippen molar-refractivity contribution in [2.75, 3.05) is 5.32 Å². The second-order valence-electron chi connectivity index (χ2n) is 7.38. The lowest BCUT2D eigenvalue weighted by Crippen LogP contribution is -2.35. The molecule has 1 saturated carbocycles. The summed E-state index contributed by atoms with van der Waals surface area (Å²) in [7, 11) is -3.86. The van der Waals surface area contributed by atoms with E-state index in [4.69, 9.17) is 23.2 Å². The fraction of sp³-hybridized carbons (Fsp3) is 0.381. The predicted octanol–water partition coefficient (Wildman–Crippen LogP) is 5.78. The van der Waals surface area contributed by atoms with Crippen LogP contribution in [0.1, 0.15) is 55.3 Å². The van der Waals surface area contributed by atoms with E-state index in [1.165, 1.54) is 36.8 Å². The Morgan fingerprint density at radius 1 is 0.967 bits per heavy atom. The molecule has 0 spiro atoms. The number of amides is 1. The first-order valence-electron chi connectivity index (χ1n) is 9.84. The lowest BCUT2D eigenvalue weighted by atomic mass is 9.97. The SMILES string of the molecule is O=C(Nc1ccc(S(=O)(=O)NC2CCCCCCC2)cc1F)c1ccc(Cl)cc1Cl. The van der Waals surface area contributed by atoms with Crippen LogP contribution in [-0.2, 0) is 10.0 Å². The molecule has 30 heavy (non-hydrogen) atoms. The van der Waals surface area contributed by atoms with Crippen molar-refractivity contribution in [3.8, 4) is 0 Å². The third kappa shape index (κ3) is 5.94. The molecule has 2 aromatic carbocycles. The molecule has 0 bridgehead atoms. The minimum Gasteiger partial charge on any atom is -0.319 e.